The number of piperidine rings is 2. The molecule has 2 aliphatic rings. The molecule has 3 N–H and O–H groups in total. The molecule has 2 aromatic carbocycles. The maximum atomic E-state index is 13.3. The van der Waals surface area contributed by atoms with Gasteiger partial charge >= 0.3 is 0 Å². The minimum Gasteiger partial charge on any atom is -0.393 e. The lowest BCUT2D eigenvalue weighted by Gasteiger charge is -2.33. The van der Waals surface area contributed by atoms with E-state index >= 15 is 0 Å². The Balaban J connectivity index is 1.18. The van der Waals surface area contributed by atoms with Crippen LogP contribution in [0, 0.1) is 0 Å². The first-order valence-electron chi connectivity index (χ1n) is 14.5. The minimum atomic E-state index is -0.215. The Bertz CT molecular complexity index is 1220. The van der Waals surface area contributed by atoms with Crippen molar-refractivity contribution in [3.63, 3.8) is 0 Å². The lowest BCUT2D eigenvalue weighted by Crippen LogP contribution is -2.42. The van der Waals surface area contributed by atoms with E-state index in [4.69, 9.17) is 15.5 Å². The fourth-order valence-corrected chi connectivity index (χ4v) is 6.12. The highest BCUT2D eigenvalue weighted by atomic mass is 16.5. The van der Waals surface area contributed by atoms with Gasteiger partial charge in [0.05, 0.1) is 17.1 Å². The van der Waals surface area contributed by atoms with Crippen LogP contribution in [0.3, 0.4) is 0 Å². The van der Waals surface area contributed by atoms with Crippen LogP contribution in [-0.4, -0.2) is 77.5 Å². The van der Waals surface area contributed by atoms with Crippen molar-refractivity contribution in [2.45, 2.75) is 69.6 Å². The van der Waals surface area contributed by atoms with Gasteiger partial charge in [0, 0.05) is 70.5 Å². The van der Waals surface area contributed by atoms with Crippen molar-refractivity contribution < 1.29 is 14.6 Å². The number of aromatic nitrogens is 2. The standard InChI is InChI=1S/C31H43N5O3/c1-39-19-5-16-36-29-8-3-2-7-28(29)33-31(36)24-6-4-15-35(22-24)30(38)21-25(32)20-23-9-11-26(12-10-23)34-17-13-27(37)14-18-34/h2-3,7-12,24-25,27,37H,4-6,13-22,32H2,1H3. The number of hydrogen-bond donors (Lipinski definition) is 2. The molecule has 2 atom stereocenters. The molecule has 2 aliphatic heterocycles. The van der Waals surface area contributed by atoms with Gasteiger partial charge < -0.3 is 29.9 Å². The highest BCUT2D eigenvalue weighted by Crippen LogP contribution is 2.30. The van der Waals surface area contributed by atoms with Gasteiger partial charge in [-0.1, -0.05) is 24.3 Å². The largest absolute Gasteiger partial charge is 0.393 e. The predicted molar refractivity (Wildman–Crippen MR) is 155 cm³/mol. The average Bonchev–Trinajstić information content (AvgIpc) is 3.33. The molecule has 0 saturated carbocycles. The smallest absolute Gasteiger partial charge is 0.224 e. The highest BCUT2D eigenvalue weighted by Gasteiger charge is 2.29. The number of imidazole rings is 1. The van der Waals surface area contributed by atoms with Crippen LogP contribution < -0.4 is 10.6 Å². The van der Waals surface area contributed by atoms with E-state index in [2.05, 4.69) is 51.9 Å². The molecule has 8 nitrogen and oxygen atoms in total. The van der Waals surface area contributed by atoms with Crippen LogP contribution in [0.15, 0.2) is 48.5 Å². The third-order valence-electron chi connectivity index (χ3n) is 8.25. The number of likely N-dealkylation sites (tertiary alicyclic amines) is 1. The Kier molecular flexibility index (Phi) is 9.17. The topological polar surface area (TPSA) is 96.8 Å². The van der Waals surface area contributed by atoms with Crippen molar-refractivity contribution in [3.05, 3.63) is 59.9 Å². The van der Waals surface area contributed by atoms with Crippen LogP contribution >= 0.6 is 0 Å². The first kappa shape index (κ1) is 27.6. The molecule has 1 amide bonds. The lowest BCUT2D eigenvalue weighted by molar-refractivity contribution is -0.132. The van der Waals surface area contributed by atoms with E-state index in [1.807, 2.05) is 11.0 Å². The van der Waals surface area contributed by atoms with Crippen molar-refractivity contribution in [2.75, 3.05) is 44.8 Å². The average molecular weight is 534 g/mol. The van der Waals surface area contributed by atoms with Crippen molar-refractivity contribution >= 4 is 22.6 Å². The molecule has 0 aliphatic carbocycles. The summed E-state index contributed by atoms with van der Waals surface area (Å²) in [4.78, 5) is 22.6. The minimum absolute atomic E-state index is 0.137. The number of aryl methyl sites for hydroxylation is 1. The molecule has 5 rings (SSSR count). The molecule has 8 heteroatoms. The Morgan fingerprint density at radius 2 is 1.87 bits per heavy atom. The van der Waals surface area contributed by atoms with Crippen molar-refractivity contribution in [3.8, 4) is 0 Å². The van der Waals surface area contributed by atoms with Crippen LogP contribution in [0.1, 0.15) is 55.8 Å². The summed E-state index contributed by atoms with van der Waals surface area (Å²) in [5, 5.41) is 9.76. The number of amides is 1. The first-order chi connectivity index (χ1) is 19.0. The van der Waals surface area contributed by atoms with Gasteiger partial charge in [-0.05, 0) is 68.4 Å². The van der Waals surface area contributed by atoms with Crippen molar-refractivity contribution in [1.82, 2.24) is 14.5 Å². The van der Waals surface area contributed by atoms with E-state index in [0.717, 1.165) is 80.7 Å². The number of rotatable bonds is 10. The number of anilines is 1. The number of para-hydroxylation sites is 2. The normalized spacial score (nSPS) is 19.5. The van der Waals surface area contributed by atoms with Gasteiger partial charge in [-0.15, -0.1) is 0 Å². The molecule has 3 aromatic rings. The van der Waals surface area contributed by atoms with Crippen LogP contribution in [0.2, 0.25) is 0 Å². The summed E-state index contributed by atoms with van der Waals surface area (Å²) in [5.41, 5.74) is 11.0. The fourth-order valence-electron chi connectivity index (χ4n) is 6.12. The number of fused-ring (bicyclic) bond motifs is 1. The monoisotopic (exact) mass is 533 g/mol. The van der Waals surface area contributed by atoms with Crippen molar-refractivity contribution in [2.24, 2.45) is 5.73 Å². The van der Waals surface area contributed by atoms with Crippen LogP contribution in [0.4, 0.5) is 5.69 Å². The number of ether oxygens (including phenoxy) is 1. The van der Waals surface area contributed by atoms with Gasteiger partial charge in [-0.25, -0.2) is 4.98 Å². The van der Waals surface area contributed by atoms with Gasteiger partial charge in [0.2, 0.25) is 5.91 Å². The molecule has 3 heterocycles. The molecule has 2 fully saturated rings. The summed E-state index contributed by atoms with van der Waals surface area (Å²) >= 11 is 0. The fraction of sp³-hybridized carbons (Fsp3) is 0.548. The molecule has 0 radical (unpaired) electrons. The van der Waals surface area contributed by atoms with Crippen LogP contribution in [0.25, 0.3) is 11.0 Å². The van der Waals surface area contributed by atoms with Gasteiger partial charge in [-0.2, -0.15) is 0 Å². The van der Waals surface area contributed by atoms with Gasteiger partial charge in [0.1, 0.15) is 5.82 Å². The van der Waals surface area contributed by atoms with E-state index in [9.17, 15) is 9.90 Å². The highest BCUT2D eigenvalue weighted by molar-refractivity contribution is 5.78. The molecular weight excluding hydrogens is 490 g/mol. The summed E-state index contributed by atoms with van der Waals surface area (Å²) in [6, 6.07) is 16.6. The molecule has 2 saturated heterocycles. The van der Waals surface area contributed by atoms with E-state index in [-0.39, 0.29) is 24.0 Å². The van der Waals surface area contributed by atoms with Crippen LogP contribution in [0.5, 0.6) is 0 Å². The number of methoxy groups -OCH3 is 1. The number of hydrogen-bond acceptors (Lipinski definition) is 6. The molecule has 0 bridgehead atoms. The quantitative estimate of drug-likeness (QED) is 0.386. The molecule has 0 spiro atoms. The first-order valence-corrected chi connectivity index (χ1v) is 14.5. The Morgan fingerprint density at radius 3 is 2.64 bits per heavy atom. The third kappa shape index (κ3) is 6.80. The predicted octanol–water partition coefficient (Wildman–Crippen LogP) is 3.70. The van der Waals surface area contributed by atoms with Crippen LogP contribution in [-0.2, 0) is 22.5 Å². The zero-order valence-electron chi connectivity index (χ0n) is 23.2. The number of nitrogens with two attached hydrogens (primary N) is 1. The summed E-state index contributed by atoms with van der Waals surface area (Å²) in [7, 11) is 1.74. The number of nitrogens with zero attached hydrogens (tertiary/aromatic N) is 4. The molecule has 39 heavy (non-hydrogen) atoms. The third-order valence-corrected chi connectivity index (χ3v) is 8.25. The zero-order valence-corrected chi connectivity index (χ0v) is 23.2. The maximum absolute atomic E-state index is 13.3. The molecular formula is C31H43N5O3. The summed E-state index contributed by atoms with van der Waals surface area (Å²) in [6.45, 7) is 4.81. The second-order valence-corrected chi connectivity index (χ2v) is 11.2. The Labute approximate surface area is 231 Å². The molecule has 210 valence electrons. The zero-order chi connectivity index (χ0) is 27.2. The maximum Gasteiger partial charge on any atom is 0.224 e. The van der Waals surface area contributed by atoms with E-state index in [1.54, 1.807) is 7.11 Å². The molecule has 2 unspecified atom stereocenters. The van der Waals surface area contributed by atoms with Gasteiger partial charge in [-0.3, -0.25) is 4.79 Å². The number of aliphatic hydroxyl groups excluding tert-OH is 1. The number of carbonyl (C=O) groups excluding carboxylic acids is 1. The second kappa shape index (κ2) is 12.9. The number of benzene rings is 2. The lowest BCUT2D eigenvalue weighted by atomic mass is 9.96. The van der Waals surface area contributed by atoms with E-state index in [0.29, 0.717) is 26.0 Å². The Morgan fingerprint density at radius 1 is 1.10 bits per heavy atom. The van der Waals surface area contributed by atoms with Crippen molar-refractivity contribution in [1.29, 1.82) is 0 Å². The van der Waals surface area contributed by atoms with E-state index in [1.165, 1.54) is 5.69 Å². The SMILES string of the molecule is COCCCn1c(C2CCCN(C(=O)CC(N)Cc3ccc(N4CCC(O)CC4)cc3)C2)nc2ccccc21. The summed E-state index contributed by atoms with van der Waals surface area (Å²) in [5.74, 6) is 1.44. The van der Waals surface area contributed by atoms with E-state index < -0.39 is 0 Å². The van der Waals surface area contributed by atoms with Gasteiger partial charge in [0.25, 0.3) is 0 Å². The summed E-state index contributed by atoms with van der Waals surface area (Å²) in [6.07, 6.45) is 5.42. The summed E-state index contributed by atoms with van der Waals surface area (Å²) < 4.78 is 7.62. The van der Waals surface area contributed by atoms with Gasteiger partial charge in [0.15, 0.2) is 0 Å². The number of carbonyl (C=O) groups is 1. The Hall–Kier alpha value is -2.94. The number of aliphatic hydroxyl groups is 1. The molecule has 1 aromatic heterocycles. The second-order valence-electron chi connectivity index (χ2n) is 11.2.